The normalized spacial score (nSPS) is 11.7. The van der Waals surface area contributed by atoms with Crippen LogP contribution in [0.4, 0.5) is 8.78 Å². The molecule has 0 heterocycles. The average molecular weight is 313 g/mol. The van der Waals surface area contributed by atoms with Gasteiger partial charge in [-0.25, -0.2) is 8.78 Å². The molecule has 0 aliphatic rings. The van der Waals surface area contributed by atoms with Crippen LogP contribution in [0.2, 0.25) is 5.02 Å². The molecule has 5 heteroatoms. The van der Waals surface area contributed by atoms with Crippen molar-refractivity contribution in [3.8, 4) is 0 Å². The molecule has 0 radical (unpaired) electrons. The quantitative estimate of drug-likeness (QED) is 0.891. The third kappa shape index (κ3) is 3.23. The number of rotatable bonds is 5. The molecule has 112 valence electrons. The summed E-state index contributed by atoms with van der Waals surface area (Å²) in [6, 6.07) is 9.71. The molecule has 2 rings (SSSR count). The van der Waals surface area contributed by atoms with Gasteiger partial charge in [0.05, 0.1) is 13.2 Å². The molecule has 21 heavy (non-hydrogen) atoms. The van der Waals surface area contributed by atoms with E-state index in [2.05, 4.69) is 0 Å². The standard InChI is InChI=1S/C16H15ClF2O2/c17-14-2-1-3-15(19)13(14)8-16(9-20,10-21)11-4-6-12(18)7-5-11/h1-7,20-21H,8-10H2. The second kappa shape index (κ2) is 6.52. The molecule has 2 N–H and O–H groups in total. The van der Waals surface area contributed by atoms with Crippen molar-refractivity contribution in [2.45, 2.75) is 11.8 Å². The highest BCUT2D eigenvalue weighted by molar-refractivity contribution is 6.31. The highest BCUT2D eigenvalue weighted by Crippen LogP contribution is 2.32. The van der Waals surface area contributed by atoms with E-state index in [1.165, 1.54) is 36.4 Å². The van der Waals surface area contributed by atoms with Gasteiger partial charge < -0.3 is 10.2 Å². The van der Waals surface area contributed by atoms with Crippen LogP contribution in [0.15, 0.2) is 42.5 Å². The topological polar surface area (TPSA) is 40.5 Å². The van der Waals surface area contributed by atoms with Crippen molar-refractivity contribution in [1.82, 2.24) is 0 Å². The molecule has 0 atom stereocenters. The molecule has 0 bridgehead atoms. The second-order valence-electron chi connectivity index (χ2n) is 4.98. The minimum Gasteiger partial charge on any atom is -0.395 e. The molecular formula is C16H15ClF2O2. The van der Waals surface area contributed by atoms with E-state index in [9.17, 15) is 19.0 Å². The van der Waals surface area contributed by atoms with Gasteiger partial charge in [-0.05, 0) is 36.2 Å². The molecule has 0 amide bonds. The minimum absolute atomic E-state index is 0.0111. The van der Waals surface area contributed by atoms with Crippen molar-refractivity contribution in [3.05, 3.63) is 70.2 Å². The molecule has 2 nitrogen and oxygen atoms in total. The van der Waals surface area contributed by atoms with Gasteiger partial charge in [0.25, 0.3) is 0 Å². The summed E-state index contributed by atoms with van der Waals surface area (Å²) in [5, 5.41) is 19.7. The lowest BCUT2D eigenvalue weighted by atomic mass is 9.76. The molecule has 0 spiro atoms. The molecule has 0 unspecified atom stereocenters. The number of benzene rings is 2. The van der Waals surface area contributed by atoms with Crippen molar-refractivity contribution >= 4 is 11.6 Å². The van der Waals surface area contributed by atoms with E-state index in [1.807, 2.05) is 0 Å². The lowest BCUT2D eigenvalue weighted by Crippen LogP contribution is -2.37. The number of hydrogen-bond donors (Lipinski definition) is 2. The molecule has 0 aromatic heterocycles. The first-order chi connectivity index (χ1) is 10.0. The van der Waals surface area contributed by atoms with Gasteiger partial charge in [0, 0.05) is 16.0 Å². The van der Waals surface area contributed by atoms with Crippen LogP contribution in [0.25, 0.3) is 0 Å². The zero-order valence-corrected chi connectivity index (χ0v) is 11.9. The van der Waals surface area contributed by atoms with Crippen molar-refractivity contribution in [2.24, 2.45) is 0 Å². The largest absolute Gasteiger partial charge is 0.395 e. The van der Waals surface area contributed by atoms with Gasteiger partial charge in [-0.15, -0.1) is 0 Å². The minimum atomic E-state index is -1.13. The van der Waals surface area contributed by atoms with Crippen molar-refractivity contribution in [1.29, 1.82) is 0 Å². The molecule has 0 aliphatic carbocycles. The summed E-state index contributed by atoms with van der Waals surface area (Å²) in [5.41, 5.74) is -0.390. The van der Waals surface area contributed by atoms with Gasteiger partial charge in [0.1, 0.15) is 11.6 Å². The Labute approximate surface area is 126 Å². The van der Waals surface area contributed by atoms with E-state index in [1.54, 1.807) is 6.07 Å². The predicted molar refractivity (Wildman–Crippen MR) is 77.4 cm³/mol. The Bertz CT molecular complexity index is 590. The maximum absolute atomic E-state index is 13.9. The predicted octanol–water partition coefficient (Wildman–Crippen LogP) is 3.08. The Hall–Kier alpha value is -1.49. The van der Waals surface area contributed by atoms with E-state index in [0.29, 0.717) is 5.56 Å². The first-order valence-corrected chi connectivity index (χ1v) is 6.81. The lowest BCUT2D eigenvalue weighted by molar-refractivity contribution is 0.115. The molecule has 2 aromatic rings. The smallest absolute Gasteiger partial charge is 0.127 e. The number of aliphatic hydroxyl groups excluding tert-OH is 2. The lowest BCUT2D eigenvalue weighted by Gasteiger charge is -2.31. The monoisotopic (exact) mass is 312 g/mol. The van der Waals surface area contributed by atoms with E-state index in [0.717, 1.165) is 0 Å². The van der Waals surface area contributed by atoms with Gasteiger partial charge in [0.2, 0.25) is 0 Å². The van der Waals surface area contributed by atoms with Gasteiger partial charge in [-0.3, -0.25) is 0 Å². The Morgan fingerprint density at radius 2 is 1.57 bits per heavy atom. The van der Waals surface area contributed by atoms with Crippen LogP contribution in [0.5, 0.6) is 0 Å². The van der Waals surface area contributed by atoms with Crippen molar-refractivity contribution in [3.63, 3.8) is 0 Å². The van der Waals surface area contributed by atoms with Crippen LogP contribution in [0.3, 0.4) is 0 Å². The summed E-state index contributed by atoms with van der Waals surface area (Å²) in [5.74, 6) is -0.927. The van der Waals surface area contributed by atoms with E-state index < -0.39 is 30.3 Å². The summed E-state index contributed by atoms with van der Waals surface area (Å²) in [6.45, 7) is -0.834. The fraction of sp³-hybridized carbons (Fsp3) is 0.250. The Morgan fingerprint density at radius 3 is 2.10 bits per heavy atom. The Balaban J connectivity index is 2.45. The van der Waals surface area contributed by atoms with Gasteiger partial charge in [-0.2, -0.15) is 0 Å². The maximum Gasteiger partial charge on any atom is 0.127 e. The van der Waals surface area contributed by atoms with Gasteiger partial charge >= 0.3 is 0 Å². The third-order valence-electron chi connectivity index (χ3n) is 3.64. The SMILES string of the molecule is OCC(CO)(Cc1c(F)cccc1Cl)c1ccc(F)cc1. The van der Waals surface area contributed by atoms with Crippen LogP contribution < -0.4 is 0 Å². The number of hydrogen-bond acceptors (Lipinski definition) is 2. The summed E-state index contributed by atoms with van der Waals surface area (Å²) >= 11 is 6.00. The maximum atomic E-state index is 13.9. The molecule has 0 saturated carbocycles. The van der Waals surface area contributed by atoms with E-state index in [4.69, 9.17) is 11.6 Å². The third-order valence-corrected chi connectivity index (χ3v) is 3.99. The number of halogens is 3. The zero-order valence-electron chi connectivity index (χ0n) is 11.2. The first kappa shape index (κ1) is 15.9. The molecule has 2 aromatic carbocycles. The molecule has 0 saturated heterocycles. The van der Waals surface area contributed by atoms with Gasteiger partial charge in [-0.1, -0.05) is 29.8 Å². The molecular weight excluding hydrogens is 298 g/mol. The Morgan fingerprint density at radius 1 is 0.952 bits per heavy atom. The Kier molecular flexibility index (Phi) is 4.93. The average Bonchev–Trinajstić information content (AvgIpc) is 2.49. The highest BCUT2D eigenvalue weighted by Gasteiger charge is 2.33. The van der Waals surface area contributed by atoms with Crippen LogP contribution in [-0.2, 0) is 11.8 Å². The van der Waals surface area contributed by atoms with Crippen molar-refractivity contribution in [2.75, 3.05) is 13.2 Å². The molecule has 0 aliphatic heterocycles. The summed E-state index contributed by atoms with van der Waals surface area (Å²) in [4.78, 5) is 0. The van der Waals surface area contributed by atoms with Crippen LogP contribution in [0.1, 0.15) is 11.1 Å². The summed E-state index contributed by atoms with van der Waals surface area (Å²) < 4.78 is 27.0. The number of aliphatic hydroxyl groups is 2. The van der Waals surface area contributed by atoms with Crippen LogP contribution in [-0.4, -0.2) is 23.4 Å². The highest BCUT2D eigenvalue weighted by atomic mass is 35.5. The van der Waals surface area contributed by atoms with Gasteiger partial charge in [0.15, 0.2) is 0 Å². The fourth-order valence-corrected chi connectivity index (χ4v) is 2.52. The van der Waals surface area contributed by atoms with Crippen LogP contribution >= 0.6 is 11.6 Å². The molecule has 0 fully saturated rings. The van der Waals surface area contributed by atoms with Crippen LogP contribution in [0, 0.1) is 11.6 Å². The van der Waals surface area contributed by atoms with Crippen molar-refractivity contribution < 1.29 is 19.0 Å². The first-order valence-electron chi connectivity index (χ1n) is 6.43. The van der Waals surface area contributed by atoms with E-state index in [-0.39, 0.29) is 17.0 Å². The summed E-state index contributed by atoms with van der Waals surface area (Å²) in [6.07, 6.45) is 0.0111. The summed E-state index contributed by atoms with van der Waals surface area (Å²) in [7, 11) is 0. The second-order valence-corrected chi connectivity index (χ2v) is 5.39. The van der Waals surface area contributed by atoms with E-state index >= 15 is 0 Å². The zero-order chi connectivity index (χ0) is 15.5. The fourth-order valence-electron chi connectivity index (χ4n) is 2.29.